The van der Waals surface area contributed by atoms with Crippen molar-refractivity contribution in [1.29, 1.82) is 0 Å². The van der Waals surface area contributed by atoms with Crippen molar-refractivity contribution >= 4 is 10.0 Å². The number of aromatic amines is 1. The van der Waals surface area contributed by atoms with Crippen LogP contribution in [-0.2, 0) is 17.1 Å². The predicted molar refractivity (Wildman–Crippen MR) is 93.3 cm³/mol. The number of pyridine rings is 1. The Hall–Kier alpha value is -2.59. The monoisotopic (exact) mass is 373 g/mol. The van der Waals surface area contributed by atoms with Gasteiger partial charge in [0.1, 0.15) is 5.82 Å². The van der Waals surface area contributed by atoms with E-state index in [2.05, 4.69) is 25.1 Å². The molecule has 1 unspecified atom stereocenters. The van der Waals surface area contributed by atoms with Crippen molar-refractivity contribution in [3.8, 4) is 11.4 Å². The Bertz CT molecular complexity index is 997. The summed E-state index contributed by atoms with van der Waals surface area (Å²) in [6, 6.07) is 3.29. The van der Waals surface area contributed by atoms with Crippen molar-refractivity contribution in [3.05, 3.63) is 42.9 Å². The van der Waals surface area contributed by atoms with Gasteiger partial charge in [-0.05, 0) is 25.0 Å². The molecule has 1 saturated heterocycles. The number of piperidine rings is 1. The average Bonchev–Trinajstić information content (AvgIpc) is 3.32. The zero-order valence-corrected chi connectivity index (χ0v) is 15.1. The van der Waals surface area contributed by atoms with Crippen LogP contribution < -0.4 is 0 Å². The summed E-state index contributed by atoms with van der Waals surface area (Å²) < 4.78 is 29.2. The van der Waals surface area contributed by atoms with E-state index >= 15 is 0 Å². The van der Waals surface area contributed by atoms with E-state index in [0.717, 1.165) is 18.4 Å². The van der Waals surface area contributed by atoms with Gasteiger partial charge in [-0.2, -0.15) is 9.40 Å². The van der Waals surface area contributed by atoms with Gasteiger partial charge in [0, 0.05) is 37.7 Å². The van der Waals surface area contributed by atoms with Gasteiger partial charge in [-0.15, -0.1) is 0 Å². The quantitative estimate of drug-likeness (QED) is 0.742. The van der Waals surface area contributed by atoms with Crippen LogP contribution >= 0.6 is 0 Å². The number of rotatable bonds is 4. The lowest BCUT2D eigenvalue weighted by molar-refractivity contribution is 0.246. The third-order valence-electron chi connectivity index (χ3n) is 4.45. The average molecular weight is 373 g/mol. The molecule has 3 aromatic rings. The van der Waals surface area contributed by atoms with Gasteiger partial charge in [0.05, 0.1) is 12.4 Å². The molecule has 4 heterocycles. The zero-order valence-electron chi connectivity index (χ0n) is 14.3. The Kier molecular flexibility index (Phi) is 4.29. The first-order valence-electron chi connectivity index (χ1n) is 8.38. The van der Waals surface area contributed by atoms with Crippen molar-refractivity contribution in [2.45, 2.75) is 30.3 Å². The molecule has 0 radical (unpaired) electrons. The Labute approximate surface area is 151 Å². The maximum Gasteiger partial charge on any atom is 0.262 e. The minimum absolute atomic E-state index is 0.0545. The summed E-state index contributed by atoms with van der Waals surface area (Å²) in [4.78, 5) is 12.6. The van der Waals surface area contributed by atoms with E-state index in [1.54, 1.807) is 24.0 Å². The number of H-pyrrole nitrogens is 1. The molecule has 1 atom stereocenters. The van der Waals surface area contributed by atoms with Crippen LogP contribution in [0.25, 0.3) is 11.4 Å². The van der Waals surface area contributed by atoms with Crippen molar-refractivity contribution in [3.63, 3.8) is 0 Å². The van der Waals surface area contributed by atoms with Gasteiger partial charge in [0.15, 0.2) is 10.9 Å². The normalized spacial score (nSPS) is 18.9. The molecule has 0 bridgehead atoms. The largest absolute Gasteiger partial charge is 0.339 e. The third kappa shape index (κ3) is 3.01. The molecular weight excluding hydrogens is 354 g/mol. The topological polar surface area (TPSA) is 110 Å². The Morgan fingerprint density at radius 2 is 2.19 bits per heavy atom. The molecule has 10 heteroatoms. The molecule has 0 spiro atoms. The number of nitrogens with one attached hydrogen (secondary N) is 1. The fraction of sp³-hybridized carbons (Fsp3) is 0.375. The molecule has 1 aliphatic rings. The maximum absolute atomic E-state index is 13.0. The van der Waals surface area contributed by atoms with E-state index in [1.165, 1.54) is 16.8 Å². The smallest absolute Gasteiger partial charge is 0.262 e. The third-order valence-corrected chi connectivity index (χ3v) is 6.24. The SMILES string of the molecule is Cn1cnc(S(=O)(=O)N2CCCCC2c2nc(-c3cccnc3)n[nH]2)c1. The van der Waals surface area contributed by atoms with Gasteiger partial charge < -0.3 is 4.57 Å². The zero-order chi connectivity index (χ0) is 18.1. The van der Waals surface area contributed by atoms with Gasteiger partial charge >= 0.3 is 0 Å². The lowest BCUT2D eigenvalue weighted by Crippen LogP contribution is -2.39. The summed E-state index contributed by atoms with van der Waals surface area (Å²) in [6.07, 6.45) is 8.79. The van der Waals surface area contributed by atoms with Gasteiger partial charge in [-0.25, -0.2) is 18.4 Å². The van der Waals surface area contributed by atoms with Crippen LogP contribution in [-0.4, -0.2) is 49.0 Å². The number of hydrogen-bond acceptors (Lipinski definition) is 6. The molecule has 136 valence electrons. The van der Waals surface area contributed by atoms with Gasteiger partial charge in [-0.3, -0.25) is 10.1 Å². The molecule has 9 nitrogen and oxygen atoms in total. The number of nitrogens with zero attached hydrogens (tertiary/aromatic N) is 6. The highest BCUT2D eigenvalue weighted by molar-refractivity contribution is 7.89. The van der Waals surface area contributed by atoms with Crippen LogP contribution in [0.2, 0.25) is 0 Å². The highest BCUT2D eigenvalue weighted by atomic mass is 32.2. The molecule has 0 aliphatic carbocycles. The first kappa shape index (κ1) is 16.9. The van der Waals surface area contributed by atoms with Crippen LogP contribution in [0.4, 0.5) is 0 Å². The molecule has 0 amide bonds. The van der Waals surface area contributed by atoms with E-state index in [1.807, 2.05) is 12.1 Å². The van der Waals surface area contributed by atoms with E-state index in [9.17, 15) is 8.42 Å². The van der Waals surface area contributed by atoms with Crippen LogP contribution in [0.15, 0.2) is 42.1 Å². The molecular formula is C16H19N7O2S. The van der Waals surface area contributed by atoms with Crippen LogP contribution in [0, 0.1) is 0 Å². The second-order valence-corrected chi connectivity index (χ2v) is 8.13. The van der Waals surface area contributed by atoms with Crippen LogP contribution in [0.1, 0.15) is 31.1 Å². The fourth-order valence-electron chi connectivity index (χ4n) is 3.16. The second-order valence-electron chi connectivity index (χ2n) is 6.29. The van der Waals surface area contributed by atoms with Crippen molar-refractivity contribution in [2.75, 3.05) is 6.54 Å². The molecule has 1 aliphatic heterocycles. The standard InChI is InChI=1S/C16H19N7O2S/c1-22-10-14(18-11-22)26(24,25)23-8-3-2-6-13(23)16-19-15(20-21-16)12-5-4-7-17-9-12/h4-5,7,9-11,13H,2-3,6,8H2,1H3,(H,19,20,21). The summed E-state index contributed by atoms with van der Waals surface area (Å²) in [5.74, 6) is 1.05. The molecule has 0 saturated carbocycles. The van der Waals surface area contributed by atoms with Crippen molar-refractivity contribution in [1.82, 2.24) is 34.0 Å². The number of aromatic nitrogens is 6. The van der Waals surface area contributed by atoms with Gasteiger partial charge in [0.25, 0.3) is 10.0 Å². The minimum atomic E-state index is -3.69. The predicted octanol–water partition coefficient (Wildman–Crippen LogP) is 1.52. The Balaban J connectivity index is 1.67. The molecule has 0 aromatic carbocycles. The van der Waals surface area contributed by atoms with Crippen molar-refractivity contribution in [2.24, 2.45) is 7.05 Å². The summed E-state index contributed by atoms with van der Waals surface area (Å²) in [5, 5.41) is 7.20. The fourth-order valence-corrected chi connectivity index (χ4v) is 4.79. The lowest BCUT2D eigenvalue weighted by atomic mass is 10.0. The summed E-state index contributed by atoms with van der Waals surface area (Å²) in [6.45, 7) is 0.437. The maximum atomic E-state index is 13.0. The number of imidazole rings is 1. The number of hydrogen-bond donors (Lipinski definition) is 1. The Morgan fingerprint density at radius 3 is 2.92 bits per heavy atom. The van der Waals surface area contributed by atoms with E-state index in [4.69, 9.17) is 0 Å². The molecule has 3 aromatic heterocycles. The van der Waals surface area contributed by atoms with Gasteiger partial charge in [0.2, 0.25) is 0 Å². The van der Waals surface area contributed by atoms with E-state index in [-0.39, 0.29) is 11.1 Å². The summed E-state index contributed by atoms with van der Waals surface area (Å²) in [5.41, 5.74) is 0.782. The first-order chi connectivity index (χ1) is 12.6. The number of sulfonamides is 1. The van der Waals surface area contributed by atoms with E-state index < -0.39 is 10.0 Å². The van der Waals surface area contributed by atoms with Crippen LogP contribution in [0.5, 0.6) is 0 Å². The molecule has 4 rings (SSSR count). The van der Waals surface area contributed by atoms with Crippen molar-refractivity contribution < 1.29 is 8.42 Å². The summed E-state index contributed by atoms with van der Waals surface area (Å²) in [7, 11) is -1.95. The second kappa shape index (κ2) is 6.61. The minimum Gasteiger partial charge on any atom is -0.339 e. The van der Waals surface area contributed by atoms with Crippen LogP contribution in [0.3, 0.4) is 0 Å². The molecule has 26 heavy (non-hydrogen) atoms. The molecule has 1 N–H and O–H groups in total. The highest BCUT2D eigenvalue weighted by Crippen LogP contribution is 2.34. The highest BCUT2D eigenvalue weighted by Gasteiger charge is 2.37. The Morgan fingerprint density at radius 1 is 1.31 bits per heavy atom. The summed E-state index contributed by atoms with van der Waals surface area (Å²) >= 11 is 0. The number of aryl methyl sites for hydroxylation is 1. The molecule has 1 fully saturated rings. The van der Waals surface area contributed by atoms with Gasteiger partial charge in [-0.1, -0.05) is 6.42 Å². The first-order valence-corrected chi connectivity index (χ1v) is 9.82. The van der Waals surface area contributed by atoms with E-state index in [0.29, 0.717) is 24.6 Å². The lowest BCUT2D eigenvalue weighted by Gasteiger charge is -2.32.